The van der Waals surface area contributed by atoms with Crippen LogP contribution in [-0.4, -0.2) is 37.1 Å². The van der Waals surface area contributed by atoms with E-state index in [0.29, 0.717) is 23.4 Å². The third-order valence-corrected chi connectivity index (χ3v) is 3.57. The highest BCUT2D eigenvalue weighted by atomic mass is 16.6. The van der Waals surface area contributed by atoms with Crippen LogP contribution in [0.5, 0.6) is 0 Å². The molecule has 8 nitrogen and oxygen atoms in total. The summed E-state index contributed by atoms with van der Waals surface area (Å²) in [6.07, 6.45) is 0. The minimum Gasteiger partial charge on any atom is -0.460 e. The largest absolute Gasteiger partial charge is 0.460 e. The lowest BCUT2D eigenvalue weighted by Gasteiger charge is -2.08. The van der Waals surface area contributed by atoms with Crippen molar-refractivity contribution >= 4 is 23.3 Å². The smallest absolute Gasteiger partial charge is 0.338 e. The zero-order chi connectivity index (χ0) is 19.1. The molecule has 0 saturated carbocycles. The lowest BCUT2D eigenvalue weighted by atomic mass is 10.1. The number of carbonyl (C=O) groups is 2. The molecule has 0 aliphatic carbocycles. The Morgan fingerprint density at radius 3 is 2.35 bits per heavy atom. The van der Waals surface area contributed by atoms with E-state index in [1.54, 1.807) is 19.1 Å². The number of amides is 1. The van der Waals surface area contributed by atoms with Crippen LogP contribution >= 0.6 is 0 Å². The van der Waals surface area contributed by atoms with Crippen molar-refractivity contribution in [3.05, 3.63) is 69.3 Å². The highest BCUT2D eigenvalue weighted by molar-refractivity contribution is 6.05. The predicted molar refractivity (Wildman–Crippen MR) is 94.4 cm³/mol. The number of carbonyl (C=O) groups excluding carboxylic acids is 2. The molecule has 26 heavy (non-hydrogen) atoms. The number of anilines is 1. The van der Waals surface area contributed by atoms with Gasteiger partial charge in [0.15, 0.2) is 0 Å². The first-order valence-corrected chi connectivity index (χ1v) is 7.75. The second-order valence-corrected chi connectivity index (χ2v) is 5.42. The van der Waals surface area contributed by atoms with Gasteiger partial charge in [-0.15, -0.1) is 0 Å². The summed E-state index contributed by atoms with van der Waals surface area (Å²) in [7, 11) is 1.51. The minimum atomic E-state index is -0.532. The summed E-state index contributed by atoms with van der Waals surface area (Å²) < 4.78 is 9.79. The summed E-state index contributed by atoms with van der Waals surface area (Å²) in [5.74, 6) is -0.974. The van der Waals surface area contributed by atoms with E-state index in [2.05, 4.69) is 5.32 Å². The molecule has 1 N–H and O–H groups in total. The molecule has 0 aliphatic rings. The predicted octanol–water partition coefficient (Wildman–Crippen LogP) is 2.96. The van der Waals surface area contributed by atoms with Gasteiger partial charge in [0.2, 0.25) is 0 Å². The van der Waals surface area contributed by atoms with Crippen LogP contribution in [0.15, 0.2) is 42.5 Å². The fraction of sp³-hybridized carbons (Fsp3) is 0.222. The van der Waals surface area contributed by atoms with Crippen LogP contribution in [0.2, 0.25) is 0 Å². The Morgan fingerprint density at radius 2 is 1.73 bits per heavy atom. The maximum absolute atomic E-state index is 12.3. The number of nitrogens with one attached hydrogen (secondary N) is 1. The van der Waals surface area contributed by atoms with Crippen molar-refractivity contribution in [2.45, 2.75) is 6.92 Å². The van der Waals surface area contributed by atoms with Crippen molar-refractivity contribution < 1.29 is 24.0 Å². The number of rotatable bonds is 7. The standard InChI is InChI=1S/C18H18N2O6/c1-12-3-4-14(11-16(12)20(23)24)17(21)19-15-7-5-13(6-8-15)18(22)26-10-9-25-2/h3-8,11H,9-10H2,1-2H3,(H,19,21). The van der Waals surface area contributed by atoms with Crippen molar-refractivity contribution in [1.82, 2.24) is 0 Å². The van der Waals surface area contributed by atoms with Gasteiger partial charge in [-0.3, -0.25) is 14.9 Å². The maximum atomic E-state index is 12.3. The molecule has 8 heteroatoms. The van der Waals surface area contributed by atoms with Crippen LogP contribution in [-0.2, 0) is 9.47 Å². The summed E-state index contributed by atoms with van der Waals surface area (Å²) in [6.45, 7) is 2.06. The number of hydrogen-bond donors (Lipinski definition) is 1. The van der Waals surface area contributed by atoms with Crippen molar-refractivity contribution in [3.63, 3.8) is 0 Å². The third-order valence-electron chi connectivity index (χ3n) is 3.57. The number of nitro benzene ring substituents is 1. The number of hydrogen-bond acceptors (Lipinski definition) is 6. The Kier molecular flexibility index (Phi) is 6.40. The number of methoxy groups -OCH3 is 1. The van der Waals surface area contributed by atoms with E-state index in [1.165, 1.54) is 37.4 Å². The highest BCUT2D eigenvalue weighted by Crippen LogP contribution is 2.20. The number of benzene rings is 2. The quantitative estimate of drug-likeness (QED) is 0.353. The summed E-state index contributed by atoms with van der Waals surface area (Å²) >= 11 is 0. The molecule has 2 aromatic rings. The second-order valence-electron chi connectivity index (χ2n) is 5.42. The average Bonchev–Trinajstić information content (AvgIpc) is 2.62. The van der Waals surface area contributed by atoms with E-state index < -0.39 is 16.8 Å². The van der Waals surface area contributed by atoms with Gasteiger partial charge in [0.1, 0.15) is 6.61 Å². The number of aryl methyl sites for hydroxylation is 1. The maximum Gasteiger partial charge on any atom is 0.338 e. The monoisotopic (exact) mass is 358 g/mol. The average molecular weight is 358 g/mol. The normalized spacial score (nSPS) is 10.2. The molecule has 0 spiro atoms. The molecule has 2 rings (SSSR count). The molecule has 0 unspecified atom stereocenters. The fourth-order valence-corrected chi connectivity index (χ4v) is 2.14. The zero-order valence-corrected chi connectivity index (χ0v) is 14.4. The van der Waals surface area contributed by atoms with Crippen molar-refractivity contribution in [1.29, 1.82) is 0 Å². The molecule has 0 atom stereocenters. The Hall–Kier alpha value is -3.26. The molecular weight excluding hydrogens is 340 g/mol. The van der Waals surface area contributed by atoms with E-state index in [4.69, 9.17) is 9.47 Å². The second kappa shape index (κ2) is 8.72. The molecule has 0 saturated heterocycles. The summed E-state index contributed by atoms with van der Waals surface area (Å²) in [5.41, 5.74) is 1.32. The van der Waals surface area contributed by atoms with Gasteiger partial charge >= 0.3 is 5.97 Å². The Labute approximate surface area is 149 Å². The van der Waals surface area contributed by atoms with Crippen molar-refractivity contribution in [3.8, 4) is 0 Å². The van der Waals surface area contributed by atoms with Crippen LogP contribution in [0.1, 0.15) is 26.3 Å². The summed E-state index contributed by atoms with van der Waals surface area (Å²) in [5, 5.41) is 13.6. The van der Waals surface area contributed by atoms with Gasteiger partial charge in [-0.1, -0.05) is 6.07 Å². The van der Waals surface area contributed by atoms with Gasteiger partial charge in [-0.05, 0) is 37.3 Å². The highest BCUT2D eigenvalue weighted by Gasteiger charge is 2.15. The van der Waals surface area contributed by atoms with E-state index in [1.807, 2.05) is 0 Å². The molecular formula is C18H18N2O6. The van der Waals surface area contributed by atoms with E-state index in [0.717, 1.165) is 0 Å². The molecule has 0 heterocycles. The molecule has 0 aliphatic heterocycles. The van der Waals surface area contributed by atoms with Crippen molar-refractivity contribution in [2.24, 2.45) is 0 Å². The molecule has 0 aromatic heterocycles. The summed E-state index contributed by atoms with van der Waals surface area (Å²) in [4.78, 5) is 34.5. The lowest BCUT2D eigenvalue weighted by Crippen LogP contribution is -2.13. The van der Waals surface area contributed by atoms with Gasteiger partial charge < -0.3 is 14.8 Å². The minimum absolute atomic E-state index is 0.119. The van der Waals surface area contributed by atoms with Gasteiger partial charge in [-0.2, -0.15) is 0 Å². The first-order chi connectivity index (χ1) is 12.4. The molecule has 136 valence electrons. The van der Waals surface area contributed by atoms with E-state index in [9.17, 15) is 19.7 Å². The summed E-state index contributed by atoms with van der Waals surface area (Å²) in [6, 6.07) is 10.4. The Morgan fingerprint density at radius 1 is 1.08 bits per heavy atom. The van der Waals surface area contributed by atoms with E-state index in [-0.39, 0.29) is 17.9 Å². The Balaban J connectivity index is 2.04. The van der Waals surface area contributed by atoms with Crippen molar-refractivity contribution in [2.75, 3.05) is 25.6 Å². The molecule has 1 amide bonds. The van der Waals surface area contributed by atoms with Crippen LogP contribution in [0.4, 0.5) is 11.4 Å². The number of nitro groups is 1. The van der Waals surface area contributed by atoms with Gasteiger partial charge in [0, 0.05) is 30.0 Å². The molecule has 0 fully saturated rings. The molecule has 2 aromatic carbocycles. The van der Waals surface area contributed by atoms with Gasteiger partial charge in [0.25, 0.3) is 11.6 Å². The van der Waals surface area contributed by atoms with Crippen LogP contribution in [0.25, 0.3) is 0 Å². The first-order valence-electron chi connectivity index (χ1n) is 7.75. The SMILES string of the molecule is COCCOC(=O)c1ccc(NC(=O)c2ccc(C)c([N+](=O)[O-])c2)cc1. The Bertz CT molecular complexity index is 817. The van der Waals surface area contributed by atoms with Gasteiger partial charge in [-0.25, -0.2) is 4.79 Å². The lowest BCUT2D eigenvalue weighted by molar-refractivity contribution is -0.385. The fourth-order valence-electron chi connectivity index (χ4n) is 2.14. The molecule has 0 bridgehead atoms. The molecule has 0 radical (unpaired) electrons. The number of ether oxygens (including phenoxy) is 2. The zero-order valence-electron chi connectivity index (χ0n) is 14.4. The number of nitrogens with zero attached hydrogens (tertiary/aromatic N) is 1. The van der Waals surface area contributed by atoms with Crippen LogP contribution in [0, 0.1) is 17.0 Å². The van der Waals surface area contributed by atoms with E-state index >= 15 is 0 Å². The number of esters is 1. The van der Waals surface area contributed by atoms with Crippen LogP contribution in [0.3, 0.4) is 0 Å². The topological polar surface area (TPSA) is 108 Å². The first kappa shape index (κ1) is 19.1. The third kappa shape index (κ3) is 4.87. The van der Waals surface area contributed by atoms with Gasteiger partial charge in [0.05, 0.1) is 17.1 Å². The van der Waals surface area contributed by atoms with Crippen LogP contribution < -0.4 is 5.32 Å².